The van der Waals surface area contributed by atoms with E-state index in [1.807, 2.05) is 13.0 Å². The van der Waals surface area contributed by atoms with Crippen molar-refractivity contribution in [3.05, 3.63) is 54.3 Å². The zero-order valence-corrected chi connectivity index (χ0v) is 15.1. The van der Waals surface area contributed by atoms with Gasteiger partial charge >= 0.3 is 0 Å². The van der Waals surface area contributed by atoms with Gasteiger partial charge in [0.15, 0.2) is 0 Å². The Hall–Kier alpha value is -2.80. The number of pyridine rings is 1. The molecule has 140 valence electrons. The molecule has 0 spiro atoms. The number of nitrogens with zero attached hydrogens (tertiary/aromatic N) is 3. The highest BCUT2D eigenvalue weighted by molar-refractivity contribution is 5.53. The van der Waals surface area contributed by atoms with E-state index in [1.54, 1.807) is 24.4 Å². The lowest BCUT2D eigenvalue weighted by Crippen LogP contribution is -2.44. The first-order valence-corrected chi connectivity index (χ1v) is 9.04. The molecule has 2 N–H and O–H groups in total. The molecule has 1 aliphatic rings. The number of halogens is 1. The predicted molar refractivity (Wildman–Crippen MR) is 97.8 cm³/mol. The molecule has 0 amide bonds. The Morgan fingerprint density at radius 2 is 2.00 bits per heavy atom. The number of aromatic nitrogens is 3. The van der Waals surface area contributed by atoms with Crippen molar-refractivity contribution in [2.24, 2.45) is 5.73 Å². The number of nitrogens with two attached hydrogens (primary N) is 1. The SMILES string of the molecule is CC1(N)CCCCC1c1nc(-c2ccc(Oc3ccc(F)cc3)nc2)no1. The van der Waals surface area contributed by atoms with Gasteiger partial charge in [0.05, 0.1) is 5.92 Å². The van der Waals surface area contributed by atoms with Crippen LogP contribution in [0, 0.1) is 5.82 Å². The Bertz CT molecular complexity index is 906. The molecule has 27 heavy (non-hydrogen) atoms. The summed E-state index contributed by atoms with van der Waals surface area (Å²) in [5.74, 6) is 1.73. The first kappa shape index (κ1) is 17.6. The summed E-state index contributed by atoms with van der Waals surface area (Å²) in [4.78, 5) is 8.80. The molecule has 2 heterocycles. The van der Waals surface area contributed by atoms with E-state index in [9.17, 15) is 4.39 Å². The molecule has 1 aliphatic carbocycles. The van der Waals surface area contributed by atoms with Crippen molar-refractivity contribution in [1.29, 1.82) is 0 Å². The molecule has 0 radical (unpaired) electrons. The molecule has 2 atom stereocenters. The van der Waals surface area contributed by atoms with Crippen molar-refractivity contribution < 1.29 is 13.7 Å². The lowest BCUT2D eigenvalue weighted by atomic mass is 9.74. The van der Waals surface area contributed by atoms with E-state index in [0.717, 1.165) is 31.2 Å². The van der Waals surface area contributed by atoms with Gasteiger partial charge in [0.2, 0.25) is 17.6 Å². The second-order valence-corrected chi connectivity index (χ2v) is 7.20. The van der Waals surface area contributed by atoms with E-state index in [0.29, 0.717) is 23.3 Å². The van der Waals surface area contributed by atoms with Crippen LogP contribution in [0.25, 0.3) is 11.4 Å². The van der Waals surface area contributed by atoms with Gasteiger partial charge in [-0.1, -0.05) is 18.0 Å². The molecule has 1 aromatic carbocycles. The minimum atomic E-state index is -0.326. The van der Waals surface area contributed by atoms with Gasteiger partial charge in [0.1, 0.15) is 11.6 Å². The highest BCUT2D eigenvalue weighted by Gasteiger charge is 2.37. The zero-order valence-electron chi connectivity index (χ0n) is 15.1. The molecule has 0 bridgehead atoms. The van der Waals surface area contributed by atoms with Crippen molar-refractivity contribution >= 4 is 0 Å². The molecule has 4 rings (SSSR count). The Labute approximate surface area is 156 Å². The predicted octanol–water partition coefficient (Wildman–Crippen LogP) is 4.44. The molecule has 2 unspecified atom stereocenters. The Balaban J connectivity index is 1.49. The monoisotopic (exact) mass is 368 g/mol. The fourth-order valence-corrected chi connectivity index (χ4v) is 3.45. The summed E-state index contributed by atoms with van der Waals surface area (Å²) < 4.78 is 24.0. The number of hydrogen-bond donors (Lipinski definition) is 1. The molecule has 2 aromatic heterocycles. The summed E-state index contributed by atoms with van der Waals surface area (Å²) in [7, 11) is 0. The van der Waals surface area contributed by atoms with E-state index < -0.39 is 0 Å². The Morgan fingerprint density at radius 3 is 2.70 bits per heavy atom. The highest BCUT2D eigenvalue weighted by atomic mass is 19.1. The molecular weight excluding hydrogens is 347 g/mol. The normalized spacial score (nSPS) is 22.6. The number of hydrogen-bond acceptors (Lipinski definition) is 6. The van der Waals surface area contributed by atoms with E-state index >= 15 is 0 Å². The van der Waals surface area contributed by atoms with Crippen molar-refractivity contribution in [1.82, 2.24) is 15.1 Å². The maximum Gasteiger partial charge on any atom is 0.231 e. The summed E-state index contributed by atoms with van der Waals surface area (Å²) >= 11 is 0. The van der Waals surface area contributed by atoms with Crippen LogP contribution in [-0.2, 0) is 0 Å². The van der Waals surface area contributed by atoms with Crippen LogP contribution in [0.4, 0.5) is 4.39 Å². The molecule has 0 saturated heterocycles. The maximum atomic E-state index is 12.9. The minimum absolute atomic E-state index is 0.0709. The fourth-order valence-electron chi connectivity index (χ4n) is 3.45. The van der Waals surface area contributed by atoms with E-state index in [1.165, 1.54) is 12.1 Å². The van der Waals surface area contributed by atoms with E-state index in [-0.39, 0.29) is 17.3 Å². The van der Waals surface area contributed by atoms with Crippen LogP contribution in [0.15, 0.2) is 47.1 Å². The minimum Gasteiger partial charge on any atom is -0.439 e. The van der Waals surface area contributed by atoms with Crippen LogP contribution in [-0.4, -0.2) is 20.7 Å². The Morgan fingerprint density at radius 1 is 1.19 bits per heavy atom. The lowest BCUT2D eigenvalue weighted by Gasteiger charge is -2.35. The zero-order chi connectivity index (χ0) is 18.9. The average Bonchev–Trinajstić information content (AvgIpc) is 3.13. The van der Waals surface area contributed by atoms with Crippen molar-refractivity contribution in [2.75, 3.05) is 0 Å². The van der Waals surface area contributed by atoms with Crippen LogP contribution >= 0.6 is 0 Å². The third-order valence-electron chi connectivity index (χ3n) is 5.02. The van der Waals surface area contributed by atoms with Crippen LogP contribution in [0.1, 0.15) is 44.4 Å². The third kappa shape index (κ3) is 3.83. The summed E-state index contributed by atoms with van der Waals surface area (Å²) in [5, 5.41) is 4.09. The summed E-state index contributed by atoms with van der Waals surface area (Å²) in [5.41, 5.74) is 6.83. The van der Waals surface area contributed by atoms with Crippen molar-refractivity contribution in [2.45, 2.75) is 44.1 Å². The Kier molecular flexibility index (Phi) is 4.61. The summed E-state index contributed by atoms with van der Waals surface area (Å²) in [6.07, 6.45) is 5.77. The number of rotatable bonds is 4. The smallest absolute Gasteiger partial charge is 0.231 e. The molecule has 3 aromatic rings. The van der Waals surface area contributed by atoms with Gasteiger partial charge in [-0.3, -0.25) is 0 Å². The van der Waals surface area contributed by atoms with Crippen LogP contribution in [0.2, 0.25) is 0 Å². The van der Waals surface area contributed by atoms with Gasteiger partial charge < -0.3 is 15.0 Å². The average molecular weight is 368 g/mol. The van der Waals surface area contributed by atoms with Crippen LogP contribution in [0.5, 0.6) is 11.6 Å². The van der Waals surface area contributed by atoms with Crippen molar-refractivity contribution in [3.63, 3.8) is 0 Å². The molecule has 6 nitrogen and oxygen atoms in total. The van der Waals surface area contributed by atoms with E-state index in [4.69, 9.17) is 15.0 Å². The second-order valence-electron chi connectivity index (χ2n) is 7.20. The van der Waals surface area contributed by atoms with Crippen LogP contribution < -0.4 is 10.5 Å². The van der Waals surface area contributed by atoms with Gasteiger partial charge in [0.25, 0.3) is 0 Å². The summed E-state index contributed by atoms with van der Waals surface area (Å²) in [6, 6.07) is 9.28. The standard InChI is InChI=1S/C20H21FN4O2/c1-20(22)11-3-2-4-16(20)19-24-18(25-27-19)13-5-10-17(23-12-13)26-15-8-6-14(21)7-9-15/h5-10,12,16H,2-4,11,22H2,1H3. The number of ether oxygens (including phenoxy) is 1. The molecule has 1 saturated carbocycles. The first-order chi connectivity index (χ1) is 13.0. The fraction of sp³-hybridized carbons (Fsp3) is 0.350. The third-order valence-corrected chi connectivity index (χ3v) is 5.02. The first-order valence-electron chi connectivity index (χ1n) is 9.04. The highest BCUT2D eigenvalue weighted by Crippen LogP contribution is 2.38. The van der Waals surface area contributed by atoms with E-state index in [2.05, 4.69) is 15.1 Å². The maximum absolute atomic E-state index is 12.9. The summed E-state index contributed by atoms with van der Waals surface area (Å²) in [6.45, 7) is 2.05. The molecular formula is C20H21FN4O2. The largest absolute Gasteiger partial charge is 0.439 e. The second kappa shape index (κ2) is 7.08. The lowest BCUT2D eigenvalue weighted by molar-refractivity contribution is 0.223. The molecule has 7 heteroatoms. The van der Waals surface area contributed by atoms with Crippen LogP contribution in [0.3, 0.4) is 0 Å². The molecule has 0 aliphatic heterocycles. The topological polar surface area (TPSA) is 87.1 Å². The van der Waals surface area contributed by atoms with Gasteiger partial charge in [-0.15, -0.1) is 0 Å². The van der Waals surface area contributed by atoms with Gasteiger partial charge in [-0.2, -0.15) is 4.98 Å². The quantitative estimate of drug-likeness (QED) is 0.733. The van der Waals surface area contributed by atoms with Gasteiger partial charge in [-0.05, 0) is 50.1 Å². The van der Waals surface area contributed by atoms with Gasteiger partial charge in [-0.25, -0.2) is 9.37 Å². The number of benzene rings is 1. The van der Waals surface area contributed by atoms with Crippen molar-refractivity contribution in [3.8, 4) is 23.0 Å². The van der Waals surface area contributed by atoms with Gasteiger partial charge in [0, 0.05) is 23.4 Å². The molecule has 1 fully saturated rings.